The molecule has 2 rings (SSSR count). The fourth-order valence-electron chi connectivity index (χ4n) is 2.58. The zero-order chi connectivity index (χ0) is 20.6. The van der Waals surface area contributed by atoms with Gasteiger partial charge < -0.3 is 20.1 Å². The lowest BCUT2D eigenvalue weighted by Gasteiger charge is -2.29. The van der Waals surface area contributed by atoms with Gasteiger partial charge in [-0.25, -0.2) is 4.57 Å². The molecule has 0 saturated heterocycles. The molecule has 6 nitrogen and oxygen atoms in total. The van der Waals surface area contributed by atoms with E-state index in [1.807, 2.05) is 32.9 Å². The minimum absolute atomic E-state index is 0.00183. The normalized spacial score (nSPS) is 14.6. The lowest BCUT2D eigenvalue weighted by atomic mass is 9.99. The third-order valence-corrected chi connectivity index (χ3v) is 6.78. The summed E-state index contributed by atoms with van der Waals surface area (Å²) in [6.45, 7) is 5.69. The number of benzene rings is 2. The predicted octanol–water partition coefficient (Wildman–Crippen LogP) is 4.56. The van der Waals surface area contributed by atoms with Gasteiger partial charge >= 0.3 is 7.60 Å². The van der Waals surface area contributed by atoms with Crippen molar-refractivity contribution in [2.75, 3.05) is 0 Å². The van der Waals surface area contributed by atoms with Crippen LogP contribution in [-0.4, -0.2) is 17.7 Å². The van der Waals surface area contributed by atoms with E-state index in [0.29, 0.717) is 17.9 Å². The number of hydrogen-bond acceptors (Lipinski definition) is 5. The van der Waals surface area contributed by atoms with Gasteiger partial charge in [-0.2, -0.15) is 0 Å². The number of amides is 1. The summed E-state index contributed by atoms with van der Waals surface area (Å²) in [6, 6.07) is 16.9. The number of carbonyl (C=O) groups excluding carboxylic acids is 1. The van der Waals surface area contributed by atoms with Crippen molar-refractivity contribution in [3.63, 3.8) is 0 Å². The van der Waals surface area contributed by atoms with Crippen molar-refractivity contribution in [2.24, 2.45) is 11.7 Å². The van der Waals surface area contributed by atoms with Gasteiger partial charge in [0.25, 0.3) is 0 Å². The van der Waals surface area contributed by atoms with Crippen LogP contribution >= 0.6 is 7.60 Å². The van der Waals surface area contributed by atoms with Crippen LogP contribution in [0.3, 0.4) is 0 Å². The monoisotopic (exact) mass is 404 g/mol. The van der Waals surface area contributed by atoms with Crippen molar-refractivity contribution in [3.05, 3.63) is 60.7 Å². The van der Waals surface area contributed by atoms with E-state index in [4.69, 9.17) is 14.8 Å². The molecule has 0 radical (unpaired) electrons. The van der Waals surface area contributed by atoms with Crippen molar-refractivity contribution in [2.45, 2.75) is 45.4 Å². The third-order valence-electron chi connectivity index (χ3n) is 4.59. The molecule has 3 N–H and O–H groups in total. The Kier molecular flexibility index (Phi) is 8.09. The Morgan fingerprint density at radius 2 is 1.43 bits per heavy atom. The molecule has 0 spiro atoms. The van der Waals surface area contributed by atoms with E-state index in [-0.39, 0.29) is 11.8 Å². The SMILES string of the molecule is CCC(NC(=O)[C@@H](N)[C@@H](C)CC)P(=O)(Oc1ccccc1)Oc1ccccc1. The topological polar surface area (TPSA) is 90.7 Å². The van der Waals surface area contributed by atoms with Crippen LogP contribution < -0.4 is 20.1 Å². The molecule has 0 aliphatic carbocycles. The van der Waals surface area contributed by atoms with Gasteiger partial charge in [-0.1, -0.05) is 63.6 Å². The number of rotatable bonds is 10. The highest BCUT2D eigenvalue weighted by Gasteiger charge is 2.40. The van der Waals surface area contributed by atoms with E-state index in [1.54, 1.807) is 48.5 Å². The average Bonchev–Trinajstić information content (AvgIpc) is 2.71. The Balaban J connectivity index is 2.29. The Bertz CT molecular complexity index is 740. The molecule has 152 valence electrons. The van der Waals surface area contributed by atoms with Crippen molar-refractivity contribution in [3.8, 4) is 11.5 Å². The smallest absolute Gasteiger partial charge is 0.415 e. The molecule has 0 aliphatic rings. The number of hydrogen-bond donors (Lipinski definition) is 2. The summed E-state index contributed by atoms with van der Waals surface area (Å²) in [5.74, 6) is -0.395. The van der Waals surface area contributed by atoms with Crippen molar-refractivity contribution >= 4 is 13.5 Å². The maximum Gasteiger partial charge on any atom is 0.452 e. The molecule has 0 saturated carbocycles. The Labute approximate surface area is 167 Å². The molecule has 1 unspecified atom stereocenters. The zero-order valence-electron chi connectivity index (χ0n) is 16.6. The van der Waals surface area contributed by atoms with Gasteiger partial charge in [-0.15, -0.1) is 0 Å². The highest BCUT2D eigenvalue weighted by Crippen LogP contribution is 2.53. The Morgan fingerprint density at radius 3 is 1.82 bits per heavy atom. The molecular weight excluding hydrogens is 375 g/mol. The summed E-state index contributed by atoms with van der Waals surface area (Å²) in [5.41, 5.74) is 6.04. The van der Waals surface area contributed by atoms with E-state index < -0.39 is 19.4 Å². The van der Waals surface area contributed by atoms with Gasteiger partial charge in [0.05, 0.1) is 6.04 Å². The molecule has 0 fully saturated rings. The molecule has 1 amide bonds. The van der Waals surface area contributed by atoms with Crippen LogP contribution in [0.15, 0.2) is 60.7 Å². The highest BCUT2D eigenvalue weighted by atomic mass is 31.2. The van der Waals surface area contributed by atoms with E-state index >= 15 is 0 Å². The van der Waals surface area contributed by atoms with Crippen LogP contribution in [-0.2, 0) is 9.36 Å². The van der Waals surface area contributed by atoms with E-state index in [1.165, 1.54) is 0 Å². The van der Waals surface area contributed by atoms with Gasteiger partial charge in [0.2, 0.25) is 5.91 Å². The van der Waals surface area contributed by atoms with Gasteiger partial charge in [0, 0.05) is 0 Å². The first-order valence-corrected chi connectivity index (χ1v) is 11.2. The molecule has 2 aromatic carbocycles. The highest BCUT2D eigenvalue weighted by molar-refractivity contribution is 7.55. The molecule has 0 aliphatic heterocycles. The van der Waals surface area contributed by atoms with Gasteiger partial charge in [-0.05, 0) is 36.6 Å². The summed E-state index contributed by atoms with van der Waals surface area (Å²) in [7, 11) is -3.79. The van der Waals surface area contributed by atoms with Crippen molar-refractivity contribution in [1.29, 1.82) is 0 Å². The second kappa shape index (κ2) is 10.3. The van der Waals surface area contributed by atoms with Gasteiger partial charge in [0.15, 0.2) is 5.78 Å². The maximum absolute atomic E-state index is 13.8. The van der Waals surface area contributed by atoms with Crippen LogP contribution in [0.5, 0.6) is 11.5 Å². The third kappa shape index (κ3) is 5.85. The second-order valence-corrected chi connectivity index (χ2v) is 8.76. The van der Waals surface area contributed by atoms with E-state index in [2.05, 4.69) is 5.32 Å². The van der Waals surface area contributed by atoms with Crippen LogP contribution in [0.25, 0.3) is 0 Å². The lowest BCUT2D eigenvalue weighted by Crippen LogP contribution is -2.48. The Hall–Kier alpha value is -2.30. The van der Waals surface area contributed by atoms with E-state index in [9.17, 15) is 9.36 Å². The quantitative estimate of drug-likeness (QED) is 0.567. The first kappa shape index (κ1) is 22.0. The predicted molar refractivity (Wildman–Crippen MR) is 111 cm³/mol. The molecule has 3 atom stereocenters. The van der Waals surface area contributed by atoms with Gasteiger partial charge in [0.1, 0.15) is 11.5 Å². The average molecular weight is 404 g/mol. The molecule has 2 aromatic rings. The first-order chi connectivity index (χ1) is 13.4. The number of nitrogens with one attached hydrogen (secondary N) is 1. The van der Waals surface area contributed by atoms with Gasteiger partial charge in [-0.3, -0.25) is 4.79 Å². The van der Waals surface area contributed by atoms with E-state index in [0.717, 1.165) is 6.42 Å². The van der Waals surface area contributed by atoms with Crippen molar-refractivity contribution < 1.29 is 18.4 Å². The molecule has 0 heterocycles. The lowest BCUT2D eigenvalue weighted by molar-refractivity contribution is -0.123. The summed E-state index contributed by atoms with van der Waals surface area (Å²) in [4.78, 5) is 12.6. The largest absolute Gasteiger partial charge is 0.452 e. The van der Waals surface area contributed by atoms with Crippen LogP contribution in [0, 0.1) is 5.92 Å². The molecule has 7 heteroatoms. The Morgan fingerprint density at radius 1 is 0.964 bits per heavy atom. The number of nitrogens with two attached hydrogens (primary N) is 1. The van der Waals surface area contributed by atoms with Crippen LogP contribution in [0.2, 0.25) is 0 Å². The molecule has 0 aromatic heterocycles. The molecule has 28 heavy (non-hydrogen) atoms. The minimum Gasteiger partial charge on any atom is -0.415 e. The van der Waals surface area contributed by atoms with Crippen LogP contribution in [0.1, 0.15) is 33.6 Å². The fourth-order valence-corrected chi connectivity index (χ4v) is 4.44. The summed E-state index contributed by atoms with van der Waals surface area (Å²) >= 11 is 0. The van der Waals surface area contributed by atoms with Crippen LogP contribution in [0.4, 0.5) is 0 Å². The van der Waals surface area contributed by atoms with Crippen molar-refractivity contribution in [1.82, 2.24) is 5.32 Å². The molecular formula is C21H29N2O4P. The first-order valence-electron chi connectivity index (χ1n) is 9.54. The number of carbonyl (C=O) groups is 1. The molecule has 0 bridgehead atoms. The summed E-state index contributed by atoms with van der Waals surface area (Å²) in [5, 5.41) is 2.79. The standard InChI is InChI=1S/C21H29N2O4P/c1-4-16(3)20(22)21(24)23-19(5-2)28(25,26-17-12-8-6-9-13-17)27-18-14-10-7-11-15-18/h6-16,19-20H,4-5,22H2,1-3H3,(H,23,24)/t16-,19?,20-/m0/s1. The zero-order valence-corrected chi connectivity index (χ0v) is 17.5. The second-order valence-electron chi connectivity index (χ2n) is 6.69. The summed E-state index contributed by atoms with van der Waals surface area (Å²) in [6.07, 6.45) is 1.12. The fraction of sp³-hybridized carbons (Fsp3) is 0.381. The maximum atomic E-state index is 13.8. The minimum atomic E-state index is -3.79. The number of para-hydroxylation sites is 2. The summed E-state index contributed by atoms with van der Waals surface area (Å²) < 4.78 is 25.4.